The summed E-state index contributed by atoms with van der Waals surface area (Å²) in [6.07, 6.45) is 2.47. The second-order valence-corrected chi connectivity index (χ2v) is 7.15. The van der Waals surface area contributed by atoms with Gasteiger partial charge in [-0.2, -0.15) is 0 Å². The minimum absolute atomic E-state index is 0.296. The maximum Gasteiger partial charge on any atom is 0.123 e. The number of rotatable bonds is 5. The highest BCUT2D eigenvalue weighted by Gasteiger charge is 2.22. The second-order valence-electron chi connectivity index (χ2n) is 5.84. The van der Waals surface area contributed by atoms with E-state index in [9.17, 15) is 0 Å². The summed E-state index contributed by atoms with van der Waals surface area (Å²) >= 11 is 1.88. The summed E-state index contributed by atoms with van der Waals surface area (Å²) in [4.78, 5) is 2.76. The lowest BCUT2D eigenvalue weighted by Gasteiger charge is -2.18. The average molecular weight is 301 g/mol. The molecule has 0 radical (unpaired) electrons. The molecule has 3 heteroatoms. The Balaban J connectivity index is 1.91. The highest BCUT2D eigenvalue weighted by Crippen LogP contribution is 2.34. The van der Waals surface area contributed by atoms with Gasteiger partial charge in [0.1, 0.15) is 11.9 Å². The van der Waals surface area contributed by atoms with Crippen molar-refractivity contribution in [3.63, 3.8) is 0 Å². The van der Waals surface area contributed by atoms with E-state index >= 15 is 0 Å². The molecule has 3 rings (SSSR count). The zero-order valence-corrected chi connectivity index (χ0v) is 13.8. The van der Waals surface area contributed by atoms with Crippen LogP contribution in [0, 0.1) is 6.92 Å². The molecule has 0 saturated carbocycles. The molecule has 1 aromatic heterocycles. The standard InChI is InChI=1S/C18H23NOS/c1-4-9-19-18(17-8-5-13(3)21-17)14-6-7-16-15(11-14)10-12(2)20-16/h5-8,11-12,18-19H,4,9-10H2,1-3H3. The van der Waals surface area contributed by atoms with Crippen molar-refractivity contribution in [3.8, 4) is 5.75 Å². The highest BCUT2D eigenvalue weighted by molar-refractivity contribution is 7.12. The molecule has 2 nitrogen and oxygen atoms in total. The third-order valence-electron chi connectivity index (χ3n) is 3.90. The van der Waals surface area contributed by atoms with Crippen LogP contribution in [0.15, 0.2) is 30.3 Å². The number of hydrogen-bond acceptors (Lipinski definition) is 3. The number of thiophene rings is 1. The van der Waals surface area contributed by atoms with Crippen LogP contribution in [0.4, 0.5) is 0 Å². The number of fused-ring (bicyclic) bond motifs is 1. The first kappa shape index (κ1) is 14.6. The Kier molecular flexibility index (Phi) is 4.32. The number of hydrogen-bond donors (Lipinski definition) is 1. The van der Waals surface area contributed by atoms with E-state index in [-0.39, 0.29) is 0 Å². The molecule has 1 N–H and O–H groups in total. The van der Waals surface area contributed by atoms with Crippen LogP contribution in [0.5, 0.6) is 5.75 Å². The monoisotopic (exact) mass is 301 g/mol. The van der Waals surface area contributed by atoms with Gasteiger partial charge in [-0.05, 0) is 56.1 Å². The molecule has 2 heterocycles. The van der Waals surface area contributed by atoms with Gasteiger partial charge >= 0.3 is 0 Å². The Labute approximate surface area is 131 Å². The van der Waals surface area contributed by atoms with Crippen LogP contribution in [0.1, 0.15) is 47.2 Å². The van der Waals surface area contributed by atoms with Crippen molar-refractivity contribution in [3.05, 3.63) is 51.2 Å². The van der Waals surface area contributed by atoms with Crippen LogP contribution in [0.2, 0.25) is 0 Å². The largest absolute Gasteiger partial charge is 0.490 e. The molecule has 1 aliphatic rings. The first-order valence-electron chi connectivity index (χ1n) is 7.76. The third kappa shape index (κ3) is 3.14. The fraction of sp³-hybridized carbons (Fsp3) is 0.444. The Morgan fingerprint density at radius 2 is 2.19 bits per heavy atom. The number of benzene rings is 1. The smallest absolute Gasteiger partial charge is 0.123 e. The molecule has 2 aromatic rings. The van der Waals surface area contributed by atoms with Crippen LogP contribution >= 0.6 is 11.3 Å². The summed E-state index contributed by atoms with van der Waals surface area (Å²) in [5.41, 5.74) is 2.69. The molecule has 0 amide bonds. The van der Waals surface area contributed by atoms with Gasteiger partial charge in [-0.3, -0.25) is 0 Å². The minimum atomic E-state index is 0.296. The number of ether oxygens (including phenoxy) is 1. The molecule has 1 aromatic carbocycles. The second kappa shape index (κ2) is 6.20. The van der Waals surface area contributed by atoms with Gasteiger partial charge in [0.05, 0.1) is 6.04 Å². The maximum absolute atomic E-state index is 5.81. The normalized spacial score (nSPS) is 18.3. The Bertz CT molecular complexity index is 619. The zero-order valence-electron chi connectivity index (χ0n) is 13.0. The Morgan fingerprint density at radius 1 is 1.33 bits per heavy atom. The molecule has 112 valence electrons. The van der Waals surface area contributed by atoms with Crippen LogP contribution in [-0.2, 0) is 6.42 Å². The van der Waals surface area contributed by atoms with Gasteiger partial charge in [0.25, 0.3) is 0 Å². The average Bonchev–Trinajstić information content (AvgIpc) is 3.04. The van der Waals surface area contributed by atoms with Gasteiger partial charge in [-0.1, -0.05) is 19.1 Å². The van der Waals surface area contributed by atoms with Gasteiger partial charge in [0, 0.05) is 16.2 Å². The molecule has 2 atom stereocenters. The molecular weight excluding hydrogens is 278 g/mol. The maximum atomic E-state index is 5.81. The molecule has 1 aliphatic heterocycles. The van der Waals surface area contributed by atoms with Crippen molar-refractivity contribution < 1.29 is 4.74 Å². The summed E-state index contributed by atoms with van der Waals surface area (Å²) in [6.45, 7) is 7.55. The fourth-order valence-electron chi connectivity index (χ4n) is 2.90. The molecular formula is C18H23NOS. The van der Waals surface area contributed by atoms with Crippen LogP contribution in [0.3, 0.4) is 0 Å². The topological polar surface area (TPSA) is 21.3 Å². The minimum Gasteiger partial charge on any atom is -0.490 e. The molecule has 0 spiro atoms. The van der Waals surface area contributed by atoms with Crippen LogP contribution in [-0.4, -0.2) is 12.6 Å². The van der Waals surface area contributed by atoms with E-state index in [4.69, 9.17) is 4.74 Å². The fourth-order valence-corrected chi connectivity index (χ4v) is 3.88. The van der Waals surface area contributed by atoms with Gasteiger partial charge in [0.15, 0.2) is 0 Å². The molecule has 2 unspecified atom stereocenters. The lowest BCUT2D eigenvalue weighted by Crippen LogP contribution is -2.22. The molecule has 21 heavy (non-hydrogen) atoms. The molecule has 0 fully saturated rings. The quantitative estimate of drug-likeness (QED) is 0.880. The van der Waals surface area contributed by atoms with Crippen LogP contribution < -0.4 is 10.1 Å². The SMILES string of the molecule is CCCNC(c1ccc2c(c1)CC(C)O2)c1ccc(C)s1. The van der Waals surface area contributed by atoms with E-state index in [1.54, 1.807) is 0 Å². The van der Waals surface area contributed by atoms with Crippen LogP contribution in [0.25, 0.3) is 0 Å². The van der Waals surface area contributed by atoms with Crippen molar-refractivity contribution in [2.24, 2.45) is 0 Å². The highest BCUT2D eigenvalue weighted by atomic mass is 32.1. The van der Waals surface area contributed by atoms with Crippen molar-refractivity contribution in [2.45, 2.75) is 45.8 Å². The predicted octanol–water partition coefficient (Wildman–Crippen LogP) is 4.47. The van der Waals surface area contributed by atoms with Crippen molar-refractivity contribution >= 4 is 11.3 Å². The van der Waals surface area contributed by atoms with E-state index in [0.29, 0.717) is 12.1 Å². The summed E-state index contributed by atoms with van der Waals surface area (Å²) in [7, 11) is 0. The first-order valence-corrected chi connectivity index (χ1v) is 8.58. The summed E-state index contributed by atoms with van der Waals surface area (Å²) in [6, 6.07) is 11.4. The van der Waals surface area contributed by atoms with Gasteiger partial charge in [-0.25, -0.2) is 0 Å². The van der Waals surface area contributed by atoms with Gasteiger partial charge < -0.3 is 10.1 Å². The number of nitrogens with one attached hydrogen (secondary N) is 1. The van der Waals surface area contributed by atoms with E-state index in [2.05, 4.69) is 56.4 Å². The summed E-state index contributed by atoms with van der Waals surface area (Å²) < 4.78 is 5.81. The van der Waals surface area contributed by atoms with Gasteiger partial charge in [-0.15, -0.1) is 11.3 Å². The zero-order chi connectivity index (χ0) is 14.8. The lowest BCUT2D eigenvalue weighted by molar-refractivity contribution is 0.254. The molecule has 0 aliphatic carbocycles. The summed E-state index contributed by atoms with van der Waals surface area (Å²) in [5, 5.41) is 3.69. The van der Waals surface area contributed by atoms with Crippen molar-refractivity contribution in [2.75, 3.05) is 6.54 Å². The van der Waals surface area contributed by atoms with Gasteiger partial charge in [0.2, 0.25) is 0 Å². The Hall–Kier alpha value is -1.32. The first-order chi connectivity index (χ1) is 10.2. The van der Waals surface area contributed by atoms with E-state index in [1.807, 2.05) is 11.3 Å². The third-order valence-corrected chi connectivity index (χ3v) is 4.96. The molecule has 0 saturated heterocycles. The lowest BCUT2D eigenvalue weighted by atomic mass is 10.0. The Morgan fingerprint density at radius 3 is 2.90 bits per heavy atom. The number of aryl methyl sites for hydroxylation is 1. The summed E-state index contributed by atoms with van der Waals surface area (Å²) in [5.74, 6) is 1.06. The predicted molar refractivity (Wildman–Crippen MR) is 89.4 cm³/mol. The van der Waals surface area contributed by atoms with E-state index in [1.165, 1.54) is 20.9 Å². The van der Waals surface area contributed by atoms with Crippen molar-refractivity contribution in [1.82, 2.24) is 5.32 Å². The van der Waals surface area contributed by atoms with Crippen molar-refractivity contribution in [1.29, 1.82) is 0 Å². The molecule has 0 bridgehead atoms. The van der Waals surface area contributed by atoms with E-state index in [0.717, 1.165) is 25.1 Å². The van der Waals surface area contributed by atoms with E-state index < -0.39 is 0 Å².